The largest absolute Gasteiger partial charge is 0.330 e. The Morgan fingerprint density at radius 3 is 2.34 bits per heavy atom. The molecule has 1 atom stereocenters. The summed E-state index contributed by atoms with van der Waals surface area (Å²) in [5.74, 6) is 0.699. The van der Waals surface area contributed by atoms with Crippen LogP contribution in [-0.2, 0) is 24.5 Å². The predicted molar refractivity (Wildman–Crippen MR) is 115 cm³/mol. The maximum Gasteiger partial charge on any atom is 0.182 e. The average Bonchev–Trinajstić information content (AvgIpc) is 3.18. The summed E-state index contributed by atoms with van der Waals surface area (Å²) in [7, 11) is 0. The molecule has 4 aromatic rings. The monoisotopic (exact) mass is 379 g/mol. The van der Waals surface area contributed by atoms with E-state index in [4.69, 9.17) is 4.98 Å². The van der Waals surface area contributed by atoms with E-state index in [0.717, 1.165) is 42.6 Å². The van der Waals surface area contributed by atoms with Crippen LogP contribution in [0.25, 0.3) is 22.5 Å². The Kier molecular flexibility index (Phi) is 4.65. The van der Waals surface area contributed by atoms with Crippen molar-refractivity contribution in [3.63, 3.8) is 0 Å². The number of hydrogen-bond acceptors (Lipinski definition) is 1. The van der Waals surface area contributed by atoms with E-state index >= 15 is 0 Å². The van der Waals surface area contributed by atoms with Crippen molar-refractivity contribution in [2.75, 3.05) is 0 Å². The van der Waals surface area contributed by atoms with Crippen molar-refractivity contribution in [2.24, 2.45) is 5.92 Å². The van der Waals surface area contributed by atoms with E-state index in [-0.39, 0.29) is 5.75 Å². The van der Waals surface area contributed by atoms with Gasteiger partial charge in [0.15, 0.2) is 5.75 Å². The van der Waals surface area contributed by atoms with E-state index in [1.54, 1.807) is 6.07 Å². The van der Waals surface area contributed by atoms with Crippen LogP contribution in [0.15, 0.2) is 85.2 Å². The van der Waals surface area contributed by atoms with Gasteiger partial charge in [-0.25, -0.2) is 4.98 Å². The Morgan fingerprint density at radius 1 is 0.862 bits per heavy atom. The van der Waals surface area contributed by atoms with Crippen molar-refractivity contribution in [3.05, 3.63) is 96.3 Å². The minimum atomic E-state index is 0.194. The normalized spacial score (nSPS) is 15.8. The van der Waals surface area contributed by atoms with E-state index < -0.39 is 0 Å². The molecule has 1 aliphatic carbocycles. The fourth-order valence-electron chi connectivity index (χ4n) is 4.51. The molecule has 29 heavy (non-hydrogen) atoms. The standard InChI is InChI=1S/C26H23N2O/c29-24-13-7-12-22-16-19(14-15-23(22)24)17-28-18-27-25(20-8-3-1-4-9-20)26(28)21-10-5-2-6-11-21/h1-13,18-19H,14-17H2. The third kappa shape index (κ3) is 3.44. The van der Waals surface area contributed by atoms with Gasteiger partial charge in [0.1, 0.15) is 0 Å². The number of hydrogen-bond donors (Lipinski definition) is 0. The van der Waals surface area contributed by atoms with Crippen LogP contribution in [0.5, 0.6) is 5.75 Å². The first-order valence-corrected chi connectivity index (χ1v) is 10.2. The molecule has 3 aromatic carbocycles. The van der Waals surface area contributed by atoms with Crippen LogP contribution in [0.2, 0.25) is 0 Å². The van der Waals surface area contributed by atoms with Crippen LogP contribution >= 0.6 is 0 Å². The number of imidazole rings is 1. The van der Waals surface area contributed by atoms with Gasteiger partial charge in [-0.05, 0) is 36.8 Å². The van der Waals surface area contributed by atoms with Crippen molar-refractivity contribution >= 4 is 0 Å². The number of nitrogens with zero attached hydrogens (tertiary/aromatic N) is 2. The fourth-order valence-corrected chi connectivity index (χ4v) is 4.51. The Hall–Kier alpha value is -3.33. The van der Waals surface area contributed by atoms with E-state index in [1.807, 2.05) is 24.5 Å². The average molecular weight is 379 g/mol. The molecule has 1 radical (unpaired) electrons. The topological polar surface area (TPSA) is 37.7 Å². The molecule has 0 saturated carbocycles. The summed E-state index contributed by atoms with van der Waals surface area (Å²) < 4.78 is 2.30. The lowest BCUT2D eigenvalue weighted by atomic mass is 9.83. The molecule has 0 saturated heterocycles. The zero-order valence-corrected chi connectivity index (χ0v) is 16.3. The Labute approximate surface area is 171 Å². The number of benzene rings is 3. The zero-order chi connectivity index (χ0) is 19.6. The van der Waals surface area contributed by atoms with Gasteiger partial charge in [0.25, 0.3) is 0 Å². The molecule has 3 heteroatoms. The summed E-state index contributed by atoms with van der Waals surface area (Å²) >= 11 is 0. The summed E-state index contributed by atoms with van der Waals surface area (Å²) in [4.78, 5) is 4.80. The molecule has 3 nitrogen and oxygen atoms in total. The molecule has 1 aliphatic rings. The highest BCUT2D eigenvalue weighted by molar-refractivity contribution is 5.78. The maximum atomic E-state index is 12.1. The summed E-state index contributed by atoms with van der Waals surface area (Å²) in [5.41, 5.74) is 6.74. The van der Waals surface area contributed by atoms with Crippen molar-refractivity contribution in [1.29, 1.82) is 0 Å². The van der Waals surface area contributed by atoms with Gasteiger partial charge >= 0.3 is 0 Å². The lowest BCUT2D eigenvalue weighted by Gasteiger charge is -2.25. The Morgan fingerprint density at radius 2 is 1.59 bits per heavy atom. The molecule has 5 rings (SSSR count). The SMILES string of the molecule is [O]c1cccc2c1CCC(Cn1cnc(-c3ccccc3)c1-c1ccccc1)C2. The van der Waals surface area contributed by atoms with Gasteiger partial charge in [0, 0.05) is 23.2 Å². The second kappa shape index (κ2) is 7.59. The van der Waals surface area contributed by atoms with E-state index in [2.05, 4.69) is 59.2 Å². The number of aromatic nitrogens is 2. The molecule has 0 aliphatic heterocycles. The summed E-state index contributed by atoms with van der Waals surface area (Å²) in [6.45, 7) is 0.909. The quantitative estimate of drug-likeness (QED) is 0.418. The molecule has 0 fully saturated rings. The van der Waals surface area contributed by atoms with Crippen LogP contribution < -0.4 is 0 Å². The lowest BCUT2D eigenvalue weighted by Crippen LogP contribution is -2.19. The molecule has 0 amide bonds. The third-order valence-corrected chi connectivity index (χ3v) is 5.93. The van der Waals surface area contributed by atoms with Crippen molar-refractivity contribution in [1.82, 2.24) is 9.55 Å². The summed E-state index contributed by atoms with van der Waals surface area (Å²) in [5, 5.41) is 12.1. The molecule has 1 aromatic heterocycles. The highest BCUT2D eigenvalue weighted by Crippen LogP contribution is 2.35. The van der Waals surface area contributed by atoms with Crippen molar-refractivity contribution in [3.8, 4) is 28.3 Å². The van der Waals surface area contributed by atoms with Gasteiger partial charge in [-0.3, -0.25) is 5.11 Å². The van der Waals surface area contributed by atoms with Crippen LogP contribution in [0.1, 0.15) is 17.5 Å². The maximum absolute atomic E-state index is 12.1. The van der Waals surface area contributed by atoms with Crippen LogP contribution in [0, 0.1) is 5.92 Å². The molecular weight excluding hydrogens is 356 g/mol. The first-order chi connectivity index (χ1) is 14.3. The summed E-state index contributed by atoms with van der Waals surface area (Å²) in [6, 6.07) is 26.6. The third-order valence-electron chi connectivity index (χ3n) is 5.93. The van der Waals surface area contributed by atoms with Gasteiger partial charge in [-0.1, -0.05) is 72.8 Å². The molecule has 1 heterocycles. The molecule has 143 valence electrons. The molecule has 0 spiro atoms. The highest BCUT2D eigenvalue weighted by atomic mass is 16.3. The van der Waals surface area contributed by atoms with Crippen molar-refractivity contribution in [2.45, 2.75) is 25.8 Å². The van der Waals surface area contributed by atoms with E-state index in [1.165, 1.54) is 16.8 Å². The predicted octanol–water partition coefficient (Wildman–Crippen LogP) is 6.17. The lowest BCUT2D eigenvalue weighted by molar-refractivity contribution is 0.337. The fraction of sp³-hybridized carbons (Fsp3) is 0.192. The van der Waals surface area contributed by atoms with Gasteiger partial charge in [0.2, 0.25) is 0 Å². The Balaban J connectivity index is 1.50. The Bertz CT molecular complexity index is 1120. The first-order valence-electron chi connectivity index (χ1n) is 10.2. The highest BCUT2D eigenvalue weighted by Gasteiger charge is 2.23. The van der Waals surface area contributed by atoms with Gasteiger partial charge in [-0.2, -0.15) is 0 Å². The van der Waals surface area contributed by atoms with Gasteiger partial charge in [0.05, 0.1) is 17.7 Å². The minimum absolute atomic E-state index is 0.194. The van der Waals surface area contributed by atoms with Crippen LogP contribution in [0.4, 0.5) is 0 Å². The van der Waals surface area contributed by atoms with Gasteiger partial charge in [-0.15, -0.1) is 0 Å². The molecular formula is C26H23N2O. The van der Waals surface area contributed by atoms with E-state index in [9.17, 15) is 5.11 Å². The second-order valence-electron chi connectivity index (χ2n) is 7.83. The van der Waals surface area contributed by atoms with E-state index in [0.29, 0.717) is 5.92 Å². The van der Waals surface area contributed by atoms with Crippen LogP contribution in [-0.4, -0.2) is 9.55 Å². The molecule has 1 unspecified atom stereocenters. The number of rotatable bonds is 4. The summed E-state index contributed by atoms with van der Waals surface area (Å²) in [6.07, 6.45) is 4.85. The van der Waals surface area contributed by atoms with Crippen molar-refractivity contribution < 1.29 is 5.11 Å². The second-order valence-corrected chi connectivity index (χ2v) is 7.83. The van der Waals surface area contributed by atoms with Gasteiger partial charge < -0.3 is 4.57 Å². The smallest absolute Gasteiger partial charge is 0.182 e. The first kappa shape index (κ1) is 17.7. The minimum Gasteiger partial charge on any atom is -0.330 e. The molecule has 0 N–H and O–H groups in total. The molecule has 0 bridgehead atoms. The zero-order valence-electron chi connectivity index (χ0n) is 16.3. The number of fused-ring (bicyclic) bond motifs is 1. The van der Waals surface area contributed by atoms with Crippen LogP contribution in [0.3, 0.4) is 0 Å².